The Bertz CT molecular complexity index is 1260. The molecule has 4 aromatic rings. The highest BCUT2D eigenvalue weighted by Gasteiger charge is 2.22. The summed E-state index contributed by atoms with van der Waals surface area (Å²) in [5.74, 6) is -1.30. The van der Waals surface area contributed by atoms with Crippen molar-refractivity contribution in [1.29, 1.82) is 0 Å². The summed E-state index contributed by atoms with van der Waals surface area (Å²) < 4.78 is 46.9. The van der Waals surface area contributed by atoms with Crippen LogP contribution in [-0.4, -0.2) is 21.5 Å². The fraction of sp³-hybridized carbons (Fsp3) is 0.136. The van der Waals surface area contributed by atoms with Crippen molar-refractivity contribution in [3.05, 3.63) is 83.7 Å². The van der Waals surface area contributed by atoms with Gasteiger partial charge in [0, 0.05) is 36.7 Å². The van der Waals surface area contributed by atoms with Crippen LogP contribution in [0, 0.1) is 17.5 Å². The topological polar surface area (TPSA) is 51.1 Å². The van der Waals surface area contributed by atoms with Crippen molar-refractivity contribution < 1.29 is 17.9 Å². The summed E-state index contributed by atoms with van der Waals surface area (Å²) in [5.41, 5.74) is 2.13. The lowest BCUT2D eigenvalue weighted by Crippen LogP contribution is -2.31. The lowest BCUT2D eigenvalue weighted by atomic mass is 10.0. The van der Waals surface area contributed by atoms with Gasteiger partial charge >= 0.3 is 0 Å². The Balaban J connectivity index is 1.47. The quantitative estimate of drug-likeness (QED) is 0.488. The lowest BCUT2D eigenvalue weighted by Gasteiger charge is -2.30. The summed E-state index contributed by atoms with van der Waals surface area (Å²) in [6.07, 6.45) is 3.55. The van der Waals surface area contributed by atoms with Crippen molar-refractivity contribution in [3.8, 4) is 11.5 Å². The number of aromatic nitrogens is 3. The minimum absolute atomic E-state index is 0.117. The van der Waals surface area contributed by atoms with E-state index >= 15 is 0 Å². The summed E-state index contributed by atoms with van der Waals surface area (Å²) in [4.78, 5) is 14.7. The summed E-state index contributed by atoms with van der Waals surface area (Å²) in [6.45, 7) is 1.06. The van der Waals surface area contributed by atoms with Gasteiger partial charge < -0.3 is 9.64 Å². The monoisotopic (exact) mass is 408 g/mol. The molecule has 0 bridgehead atoms. The van der Waals surface area contributed by atoms with Crippen LogP contribution >= 0.6 is 0 Å². The van der Waals surface area contributed by atoms with Crippen molar-refractivity contribution in [2.24, 2.45) is 0 Å². The average Bonchev–Trinajstić information content (AvgIpc) is 2.75. The molecule has 30 heavy (non-hydrogen) atoms. The van der Waals surface area contributed by atoms with Crippen LogP contribution in [0.3, 0.4) is 0 Å². The van der Waals surface area contributed by atoms with E-state index in [2.05, 4.69) is 15.0 Å². The lowest BCUT2D eigenvalue weighted by molar-refractivity contribution is 0.439. The fourth-order valence-electron chi connectivity index (χ4n) is 3.58. The highest BCUT2D eigenvalue weighted by atomic mass is 19.2. The van der Waals surface area contributed by atoms with Crippen LogP contribution in [0.25, 0.3) is 10.9 Å². The van der Waals surface area contributed by atoms with E-state index in [0.717, 1.165) is 23.4 Å². The Labute approximate surface area is 169 Å². The molecule has 0 radical (unpaired) electrons. The van der Waals surface area contributed by atoms with Crippen LogP contribution in [-0.2, 0) is 13.0 Å². The molecule has 0 amide bonds. The molecule has 0 unspecified atom stereocenters. The second kappa shape index (κ2) is 7.29. The molecule has 8 heteroatoms. The molecule has 1 aliphatic heterocycles. The van der Waals surface area contributed by atoms with E-state index in [1.165, 1.54) is 12.4 Å². The van der Waals surface area contributed by atoms with Crippen molar-refractivity contribution in [2.75, 3.05) is 11.4 Å². The van der Waals surface area contributed by atoms with Crippen molar-refractivity contribution in [1.82, 2.24) is 15.0 Å². The van der Waals surface area contributed by atoms with Crippen LogP contribution in [0.1, 0.15) is 11.3 Å². The van der Waals surface area contributed by atoms with Gasteiger partial charge in [0.2, 0.25) is 0 Å². The first kappa shape index (κ1) is 18.4. The van der Waals surface area contributed by atoms with Gasteiger partial charge in [0.1, 0.15) is 17.9 Å². The van der Waals surface area contributed by atoms with E-state index in [1.807, 2.05) is 11.0 Å². The first-order valence-corrected chi connectivity index (χ1v) is 9.33. The van der Waals surface area contributed by atoms with E-state index in [9.17, 15) is 13.2 Å². The number of hydrogen-bond donors (Lipinski definition) is 0. The first-order chi connectivity index (χ1) is 14.6. The number of halogens is 3. The average molecular weight is 408 g/mol. The molecule has 0 aliphatic carbocycles. The third-order valence-corrected chi connectivity index (χ3v) is 5.03. The second-order valence-corrected chi connectivity index (χ2v) is 6.96. The standard InChI is InChI=1S/C22H15F3N4O/c23-16-3-1-2-4-21(16)30-14-7-13-11-29(6-5-19(13)26-10-14)22-15-8-17(24)18(25)9-20(15)27-12-28-22/h1-4,7-10,12H,5-6,11H2. The Hall–Kier alpha value is -3.68. The van der Waals surface area contributed by atoms with E-state index in [-0.39, 0.29) is 5.75 Å². The number of benzene rings is 2. The Morgan fingerprint density at radius 2 is 1.73 bits per heavy atom. The van der Waals surface area contributed by atoms with Gasteiger partial charge in [0.05, 0.1) is 11.7 Å². The van der Waals surface area contributed by atoms with Gasteiger partial charge in [-0.3, -0.25) is 4.98 Å². The SMILES string of the molecule is Fc1cc2ncnc(N3CCc4ncc(Oc5ccccc5F)cc4C3)c2cc1F. The summed E-state index contributed by atoms with van der Waals surface area (Å²) in [7, 11) is 0. The minimum atomic E-state index is -0.949. The molecule has 5 nitrogen and oxygen atoms in total. The zero-order chi connectivity index (χ0) is 20.7. The first-order valence-electron chi connectivity index (χ1n) is 9.33. The van der Waals surface area contributed by atoms with E-state index in [1.54, 1.807) is 24.4 Å². The maximum atomic E-state index is 13.9. The van der Waals surface area contributed by atoms with Gasteiger partial charge in [-0.05, 0) is 29.8 Å². The summed E-state index contributed by atoms with van der Waals surface area (Å²) >= 11 is 0. The molecule has 0 atom stereocenters. The second-order valence-electron chi connectivity index (χ2n) is 6.96. The number of hydrogen-bond acceptors (Lipinski definition) is 5. The van der Waals surface area contributed by atoms with Gasteiger partial charge in [0.25, 0.3) is 0 Å². The summed E-state index contributed by atoms with van der Waals surface area (Å²) in [5, 5.41) is 0.437. The van der Waals surface area contributed by atoms with Crippen LogP contribution < -0.4 is 9.64 Å². The maximum Gasteiger partial charge on any atom is 0.165 e. The molecule has 0 saturated carbocycles. The van der Waals surface area contributed by atoms with Gasteiger partial charge in [-0.15, -0.1) is 0 Å². The molecule has 0 N–H and O–H groups in total. The van der Waals surface area contributed by atoms with E-state index < -0.39 is 17.5 Å². The van der Waals surface area contributed by atoms with Gasteiger partial charge in [-0.2, -0.15) is 0 Å². The molecule has 5 rings (SSSR count). The molecule has 0 saturated heterocycles. The molecule has 0 fully saturated rings. The Morgan fingerprint density at radius 1 is 0.900 bits per heavy atom. The number of pyridine rings is 1. The Kier molecular flexibility index (Phi) is 4.46. The molecule has 2 aromatic carbocycles. The molecule has 2 aromatic heterocycles. The fourth-order valence-corrected chi connectivity index (χ4v) is 3.58. The van der Waals surface area contributed by atoms with E-state index in [0.29, 0.717) is 42.0 Å². The summed E-state index contributed by atoms with van der Waals surface area (Å²) in [6, 6.07) is 10.1. The van der Waals surface area contributed by atoms with Gasteiger partial charge in [-0.25, -0.2) is 23.1 Å². The number of nitrogens with zero attached hydrogens (tertiary/aromatic N) is 4. The van der Waals surface area contributed by atoms with Crippen LogP contribution in [0.5, 0.6) is 11.5 Å². The van der Waals surface area contributed by atoms with Crippen molar-refractivity contribution in [3.63, 3.8) is 0 Å². The van der Waals surface area contributed by atoms with Crippen molar-refractivity contribution >= 4 is 16.7 Å². The largest absolute Gasteiger partial charge is 0.453 e. The molecule has 0 spiro atoms. The Morgan fingerprint density at radius 3 is 2.60 bits per heavy atom. The van der Waals surface area contributed by atoms with Crippen LogP contribution in [0.2, 0.25) is 0 Å². The number of fused-ring (bicyclic) bond motifs is 2. The molecular formula is C22H15F3N4O. The highest BCUT2D eigenvalue weighted by Crippen LogP contribution is 2.31. The normalized spacial score (nSPS) is 13.4. The highest BCUT2D eigenvalue weighted by molar-refractivity contribution is 5.89. The predicted octanol–water partition coefficient (Wildman–Crippen LogP) is 4.80. The zero-order valence-electron chi connectivity index (χ0n) is 15.6. The zero-order valence-corrected chi connectivity index (χ0v) is 15.6. The van der Waals surface area contributed by atoms with Gasteiger partial charge in [0.15, 0.2) is 23.2 Å². The number of anilines is 1. The van der Waals surface area contributed by atoms with Crippen molar-refractivity contribution in [2.45, 2.75) is 13.0 Å². The molecule has 150 valence electrons. The van der Waals surface area contributed by atoms with Crippen LogP contribution in [0.15, 0.2) is 55.0 Å². The van der Waals surface area contributed by atoms with Crippen LogP contribution in [0.4, 0.5) is 19.0 Å². The third kappa shape index (κ3) is 3.30. The minimum Gasteiger partial charge on any atom is -0.453 e. The van der Waals surface area contributed by atoms with Gasteiger partial charge in [-0.1, -0.05) is 12.1 Å². The number of para-hydroxylation sites is 1. The number of ether oxygens (including phenoxy) is 1. The maximum absolute atomic E-state index is 13.9. The molecular weight excluding hydrogens is 393 g/mol. The molecule has 1 aliphatic rings. The number of rotatable bonds is 3. The predicted molar refractivity (Wildman–Crippen MR) is 105 cm³/mol. The third-order valence-electron chi connectivity index (χ3n) is 5.03. The smallest absolute Gasteiger partial charge is 0.165 e. The molecule has 3 heterocycles. The van der Waals surface area contributed by atoms with E-state index in [4.69, 9.17) is 4.74 Å².